The molecule has 102 valence electrons. The molecule has 0 N–H and O–H groups in total. The molecule has 2 aromatic rings. The zero-order valence-corrected chi connectivity index (χ0v) is 11.4. The SMILES string of the molecule is O=C1C(c2ccccc2)=C(N2CC2)C(=O)c2ccccc21. The van der Waals surface area contributed by atoms with Gasteiger partial charge in [0.05, 0.1) is 11.3 Å². The zero-order valence-electron chi connectivity index (χ0n) is 11.4. The lowest BCUT2D eigenvalue weighted by atomic mass is 9.84. The monoisotopic (exact) mass is 275 g/mol. The summed E-state index contributed by atoms with van der Waals surface area (Å²) in [7, 11) is 0. The van der Waals surface area contributed by atoms with E-state index in [1.165, 1.54) is 0 Å². The van der Waals surface area contributed by atoms with E-state index in [1.54, 1.807) is 24.3 Å². The molecule has 21 heavy (non-hydrogen) atoms. The van der Waals surface area contributed by atoms with E-state index in [4.69, 9.17) is 0 Å². The molecule has 0 unspecified atom stereocenters. The van der Waals surface area contributed by atoms with E-state index >= 15 is 0 Å². The highest BCUT2D eigenvalue weighted by atomic mass is 16.1. The largest absolute Gasteiger partial charge is 0.364 e. The second kappa shape index (κ2) is 4.42. The van der Waals surface area contributed by atoms with E-state index in [-0.39, 0.29) is 11.6 Å². The van der Waals surface area contributed by atoms with Gasteiger partial charge in [-0.25, -0.2) is 0 Å². The van der Waals surface area contributed by atoms with Crippen LogP contribution in [-0.4, -0.2) is 29.6 Å². The summed E-state index contributed by atoms with van der Waals surface area (Å²) >= 11 is 0. The summed E-state index contributed by atoms with van der Waals surface area (Å²) < 4.78 is 0. The van der Waals surface area contributed by atoms with Crippen molar-refractivity contribution in [2.75, 3.05) is 13.1 Å². The normalized spacial score (nSPS) is 17.0. The molecule has 1 fully saturated rings. The molecule has 0 radical (unpaired) electrons. The Morgan fingerprint density at radius 1 is 0.714 bits per heavy atom. The number of Topliss-reactive ketones (excluding diaryl/α,β-unsaturated/α-hetero) is 2. The maximum Gasteiger partial charge on any atom is 0.210 e. The summed E-state index contributed by atoms with van der Waals surface area (Å²) in [6, 6.07) is 16.5. The highest BCUT2D eigenvalue weighted by Crippen LogP contribution is 2.36. The number of allylic oxidation sites excluding steroid dienone is 2. The van der Waals surface area contributed by atoms with Crippen LogP contribution in [0, 0.1) is 0 Å². The topological polar surface area (TPSA) is 37.1 Å². The maximum absolute atomic E-state index is 12.9. The number of carbonyl (C=O) groups excluding carboxylic acids is 2. The molecule has 0 aromatic heterocycles. The average molecular weight is 275 g/mol. The Morgan fingerprint density at radius 3 is 1.90 bits per heavy atom. The van der Waals surface area contributed by atoms with Gasteiger partial charge in [-0.2, -0.15) is 0 Å². The van der Waals surface area contributed by atoms with Crippen LogP contribution < -0.4 is 0 Å². The van der Waals surface area contributed by atoms with Crippen LogP contribution in [0.2, 0.25) is 0 Å². The van der Waals surface area contributed by atoms with Gasteiger partial charge in [0.1, 0.15) is 0 Å². The molecular weight excluding hydrogens is 262 g/mol. The summed E-state index contributed by atoms with van der Waals surface area (Å²) in [6.07, 6.45) is 0. The van der Waals surface area contributed by atoms with Crippen LogP contribution in [0.1, 0.15) is 26.3 Å². The molecule has 0 bridgehead atoms. The van der Waals surface area contributed by atoms with Crippen LogP contribution in [-0.2, 0) is 0 Å². The van der Waals surface area contributed by atoms with Gasteiger partial charge in [0, 0.05) is 24.2 Å². The molecule has 0 spiro atoms. The van der Waals surface area contributed by atoms with Gasteiger partial charge in [0.2, 0.25) is 5.78 Å². The molecular formula is C18H13NO2. The van der Waals surface area contributed by atoms with Gasteiger partial charge in [-0.3, -0.25) is 9.59 Å². The first-order valence-electron chi connectivity index (χ1n) is 7.00. The molecule has 2 aromatic carbocycles. The van der Waals surface area contributed by atoms with Crippen molar-refractivity contribution in [2.24, 2.45) is 0 Å². The highest BCUT2D eigenvalue weighted by molar-refractivity contribution is 6.40. The minimum atomic E-state index is -0.0571. The van der Waals surface area contributed by atoms with Crippen molar-refractivity contribution < 1.29 is 9.59 Å². The second-order valence-corrected chi connectivity index (χ2v) is 5.28. The van der Waals surface area contributed by atoms with Crippen molar-refractivity contribution in [1.29, 1.82) is 0 Å². The second-order valence-electron chi connectivity index (χ2n) is 5.28. The molecule has 3 nitrogen and oxygen atoms in total. The number of carbonyl (C=O) groups is 2. The van der Waals surface area contributed by atoms with Gasteiger partial charge in [-0.1, -0.05) is 54.6 Å². The molecule has 4 rings (SSSR count). The number of benzene rings is 2. The standard InChI is InChI=1S/C18H13NO2/c20-17-13-8-4-5-9-14(13)18(21)16(19-10-11-19)15(17)12-6-2-1-3-7-12/h1-9H,10-11H2. The van der Waals surface area contributed by atoms with E-state index in [0.717, 1.165) is 18.7 Å². The average Bonchev–Trinajstić information content (AvgIpc) is 3.36. The quantitative estimate of drug-likeness (QED) is 0.791. The fourth-order valence-electron chi connectivity index (χ4n) is 2.81. The summed E-state index contributed by atoms with van der Waals surface area (Å²) in [5, 5.41) is 0. The fraction of sp³-hybridized carbons (Fsp3) is 0.111. The van der Waals surface area contributed by atoms with Crippen molar-refractivity contribution in [2.45, 2.75) is 0 Å². The number of nitrogens with zero attached hydrogens (tertiary/aromatic N) is 1. The minimum Gasteiger partial charge on any atom is -0.364 e. The smallest absolute Gasteiger partial charge is 0.210 e. The van der Waals surface area contributed by atoms with Gasteiger partial charge >= 0.3 is 0 Å². The first kappa shape index (κ1) is 12.1. The van der Waals surface area contributed by atoms with Crippen LogP contribution in [0.25, 0.3) is 5.57 Å². The van der Waals surface area contributed by atoms with E-state index in [0.29, 0.717) is 22.4 Å². The molecule has 1 aliphatic carbocycles. The number of ketones is 2. The van der Waals surface area contributed by atoms with Crippen molar-refractivity contribution >= 4 is 17.1 Å². The molecule has 1 heterocycles. The van der Waals surface area contributed by atoms with Crippen LogP contribution in [0.3, 0.4) is 0 Å². The maximum atomic E-state index is 12.9. The van der Waals surface area contributed by atoms with E-state index < -0.39 is 0 Å². The van der Waals surface area contributed by atoms with Gasteiger partial charge in [0.15, 0.2) is 5.78 Å². The van der Waals surface area contributed by atoms with Gasteiger partial charge in [-0.15, -0.1) is 0 Å². The molecule has 2 aliphatic rings. The Balaban J connectivity index is 1.99. The lowest BCUT2D eigenvalue weighted by molar-refractivity contribution is 0.0977. The van der Waals surface area contributed by atoms with Crippen molar-refractivity contribution in [3.05, 3.63) is 77.0 Å². The van der Waals surface area contributed by atoms with Gasteiger partial charge in [0.25, 0.3) is 0 Å². The molecule has 3 heteroatoms. The Labute approximate surface area is 122 Å². The summed E-state index contributed by atoms with van der Waals surface area (Å²) in [4.78, 5) is 27.6. The summed E-state index contributed by atoms with van der Waals surface area (Å²) in [6.45, 7) is 1.68. The van der Waals surface area contributed by atoms with E-state index in [2.05, 4.69) is 0 Å². The number of hydrogen-bond donors (Lipinski definition) is 0. The number of rotatable bonds is 2. The minimum absolute atomic E-state index is 0.0402. The lowest BCUT2D eigenvalue weighted by Gasteiger charge is -2.22. The van der Waals surface area contributed by atoms with Crippen LogP contribution in [0.5, 0.6) is 0 Å². The molecule has 0 saturated carbocycles. The van der Waals surface area contributed by atoms with Crippen molar-refractivity contribution in [1.82, 2.24) is 4.90 Å². The van der Waals surface area contributed by atoms with Gasteiger partial charge < -0.3 is 4.90 Å². The lowest BCUT2D eigenvalue weighted by Crippen LogP contribution is -2.25. The Hall–Kier alpha value is -2.68. The van der Waals surface area contributed by atoms with E-state index in [9.17, 15) is 9.59 Å². The molecule has 0 atom stereocenters. The fourth-order valence-corrected chi connectivity index (χ4v) is 2.81. The Morgan fingerprint density at radius 2 is 1.29 bits per heavy atom. The highest BCUT2D eigenvalue weighted by Gasteiger charge is 2.38. The third-order valence-corrected chi connectivity index (χ3v) is 3.92. The molecule has 1 aliphatic heterocycles. The third kappa shape index (κ3) is 1.82. The van der Waals surface area contributed by atoms with Crippen molar-refractivity contribution in [3.63, 3.8) is 0 Å². The third-order valence-electron chi connectivity index (χ3n) is 3.92. The Bertz CT molecular complexity index is 786. The number of fused-ring (bicyclic) bond motifs is 1. The first-order valence-corrected chi connectivity index (χ1v) is 7.00. The zero-order chi connectivity index (χ0) is 14.4. The molecule has 1 saturated heterocycles. The van der Waals surface area contributed by atoms with E-state index in [1.807, 2.05) is 35.2 Å². The predicted molar refractivity (Wildman–Crippen MR) is 80.0 cm³/mol. The number of hydrogen-bond acceptors (Lipinski definition) is 3. The van der Waals surface area contributed by atoms with Crippen molar-refractivity contribution in [3.8, 4) is 0 Å². The predicted octanol–water partition coefficient (Wildman–Crippen LogP) is 2.79. The van der Waals surface area contributed by atoms with Gasteiger partial charge in [-0.05, 0) is 5.56 Å². The summed E-state index contributed by atoms with van der Waals surface area (Å²) in [5.41, 5.74) is 2.94. The molecule has 0 amide bonds. The van der Waals surface area contributed by atoms with Crippen LogP contribution in [0.4, 0.5) is 0 Å². The van der Waals surface area contributed by atoms with Crippen LogP contribution in [0.15, 0.2) is 60.3 Å². The summed E-state index contributed by atoms with van der Waals surface area (Å²) in [5.74, 6) is -0.0974. The Kier molecular flexibility index (Phi) is 2.54. The first-order chi connectivity index (χ1) is 10.3. The van der Waals surface area contributed by atoms with Crippen LogP contribution >= 0.6 is 0 Å².